The molecule has 2 aliphatic rings. The van der Waals surface area contributed by atoms with Gasteiger partial charge in [-0.25, -0.2) is 4.79 Å². The van der Waals surface area contributed by atoms with Crippen molar-refractivity contribution in [2.75, 3.05) is 27.3 Å². The third kappa shape index (κ3) is 2.49. The summed E-state index contributed by atoms with van der Waals surface area (Å²) in [5, 5.41) is 3.33. The number of carbonyl (C=O) groups is 1. The lowest BCUT2D eigenvalue weighted by molar-refractivity contribution is 0.0596. The second-order valence-corrected chi connectivity index (χ2v) is 5.33. The molecule has 1 spiro atoms. The van der Waals surface area contributed by atoms with Crippen molar-refractivity contribution < 1.29 is 19.0 Å². The lowest BCUT2D eigenvalue weighted by Gasteiger charge is -2.38. The summed E-state index contributed by atoms with van der Waals surface area (Å²) < 4.78 is 16.3. The standard InChI is InChI=1S/C16H19NO4/c1-19-14-10-13-11(9-12(14)15(18)20-2)3-4-16(21-13)5-7-17-8-6-16/h3-4,9-10,17H,5-8H2,1-2H3. The fourth-order valence-corrected chi connectivity index (χ4v) is 2.85. The van der Waals surface area contributed by atoms with Crippen molar-refractivity contribution in [1.82, 2.24) is 5.32 Å². The first-order valence-electron chi connectivity index (χ1n) is 7.07. The first kappa shape index (κ1) is 13.9. The van der Waals surface area contributed by atoms with Crippen molar-refractivity contribution >= 4 is 12.0 Å². The molecule has 0 bridgehead atoms. The summed E-state index contributed by atoms with van der Waals surface area (Å²) in [6, 6.07) is 3.53. The van der Waals surface area contributed by atoms with E-state index in [1.807, 2.05) is 6.08 Å². The first-order valence-corrected chi connectivity index (χ1v) is 7.07. The number of methoxy groups -OCH3 is 2. The van der Waals surface area contributed by atoms with E-state index >= 15 is 0 Å². The smallest absolute Gasteiger partial charge is 0.341 e. The highest BCUT2D eigenvalue weighted by Gasteiger charge is 2.35. The Bertz CT molecular complexity index is 588. The molecule has 2 aliphatic heterocycles. The quantitative estimate of drug-likeness (QED) is 0.844. The number of esters is 1. The van der Waals surface area contributed by atoms with Gasteiger partial charge in [-0.3, -0.25) is 0 Å². The lowest BCUT2D eigenvalue weighted by Crippen LogP contribution is -2.45. The Morgan fingerprint density at radius 2 is 2.05 bits per heavy atom. The largest absolute Gasteiger partial charge is 0.496 e. The predicted octanol–water partition coefficient (Wildman–Crippen LogP) is 2.01. The Morgan fingerprint density at radius 3 is 2.71 bits per heavy atom. The zero-order valence-corrected chi connectivity index (χ0v) is 12.3. The van der Waals surface area contributed by atoms with Gasteiger partial charge in [-0.05, 0) is 25.2 Å². The van der Waals surface area contributed by atoms with Crippen molar-refractivity contribution in [1.29, 1.82) is 0 Å². The molecular weight excluding hydrogens is 270 g/mol. The number of ether oxygens (including phenoxy) is 3. The fraction of sp³-hybridized carbons (Fsp3) is 0.438. The molecule has 0 radical (unpaired) electrons. The topological polar surface area (TPSA) is 56.8 Å². The van der Waals surface area contributed by atoms with Crippen LogP contribution >= 0.6 is 0 Å². The van der Waals surface area contributed by atoms with Crippen LogP contribution in [-0.4, -0.2) is 38.9 Å². The van der Waals surface area contributed by atoms with Crippen molar-refractivity contribution in [2.24, 2.45) is 0 Å². The summed E-state index contributed by atoms with van der Waals surface area (Å²) in [4.78, 5) is 11.8. The van der Waals surface area contributed by atoms with Gasteiger partial charge in [-0.1, -0.05) is 6.08 Å². The molecule has 1 aromatic carbocycles. The third-order valence-corrected chi connectivity index (χ3v) is 4.07. The second kappa shape index (κ2) is 5.41. The van der Waals surface area contributed by atoms with E-state index in [9.17, 15) is 4.79 Å². The fourth-order valence-electron chi connectivity index (χ4n) is 2.85. The maximum absolute atomic E-state index is 11.8. The van der Waals surface area contributed by atoms with E-state index in [4.69, 9.17) is 14.2 Å². The van der Waals surface area contributed by atoms with Gasteiger partial charge in [0.2, 0.25) is 0 Å². The number of nitrogens with one attached hydrogen (secondary N) is 1. The highest BCUT2D eigenvalue weighted by atomic mass is 16.5. The highest BCUT2D eigenvalue weighted by molar-refractivity contribution is 5.94. The number of rotatable bonds is 2. The van der Waals surface area contributed by atoms with Gasteiger partial charge in [-0.15, -0.1) is 0 Å². The Hall–Kier alpha value is -2.01. The van der Waals surface area contributed by atoms with Crippen LogP contribution in [0.3, 0.4) is 0 Å². The van der Waals surface area contributed by atoms with Gasteiger partial charge < -0.3 is 19.5 Å². The molecule has 21 heavy (non-hydrogen) atoms. The minimum absolute atomic E-state index is 0.240. The van der Waals surface area contributed by atoms with Crippen molar-refractivity contribution in [2.45, 2.75) is 18.4 Å². The van der Waals surface area contributed by atoms with Gasteiger partial charge in [0.05, 0.1) is 14.2 Å². The summed E-state index contributed by atoms with van der Waals surface area (Å²) in [5.41, 5.74) is 1.05. The number of benzene rings is 1. The van der Waals surface area contributed by atoms with Crippen LogP contribution in [0, 0.1) is 0 Å². The van der Waals surface area contributed by atoms with Crippen LogP contribution < -0.4 is 14.8 Å². The molecule has 0 amide bonds. The van der Waals surface area contributed by atoms with Gasteiger partial charge in [0.15, 0.2) is 0 Å². The summed E-state index contributed by atoms with van der Waals surface area (Å²) in [6.45, 7) is 1.88. The molecule has 1 saturated heterocycles. The van der Waals surface area contributed by atoms with Crippen LogP contribution in [0.1, 0.15) is 28.8 Å². The maximum atomic E-state index is 11.8. The van der Waals surface area contributed by atoms with Gasteiger partial charge in [-0.2, -0.15) is 0 Å². The summed E-state index contributed by atoms with van der Waals surface area (Å²) in [7, 11) is 2.89. The molecule has 5 heteroatoms. The van der Waals surface area contributed by atoms with E-state index in [-0.39, 0.29) is 5.60 Å². The number of hydrogen-bond donors (Lipinski definition) is 1. The van der Waals surface area contributed by atoms with Gasteiger partial charge in [0.25, 0.3) is 0 Å². The Labute approximate surface area is 123 Å². The molecule has 0 aromatic heterocycles. The predicted molar refractivity (Wildman–Crippen MR) is 78.8 cm³/mol. The van der Waals surface area contributed by atoms with Gasteiger partial charge in [0, 0.05) is 24.5 Å². The van der Waals surface area contributed by atoms with Crippen LogP contribution in [0.5, 0.6) is 11.5 Å². The third-order valence-electron chi connectivity index (χ3n) is 4.07. The van der Waals surface area contributed by atoms with Crippen molar-refractivity contribution in [3.63, 3.8) is 0 Å². The Kier molecular flexibility index (Phi) is 3.59. The molecule has 2 heterocycles. The van der Waals surface area contributed by atoms with Gasteiger partial charge in [0.1, 0.15) is 22.7 Å². The van der Waals surface area contributed by atoms with E-state index in [2.05, 4.69) is 11.4 Å². The summed E-state index contributed by atoms with van der Waals surface area (Å²) in [5.74, 6) is 0.814. The van der Waals surface area contributed by atoms with Gasteiger partial charge >= 0.3 is 5.97 Å². The molecule has 1 N–H and O–H groups in total. The minimum Gasteiger partial charge on any atom is -0.496 e. The number of hydrogen-bond acceptors (Lipinski definition) is 5. The zero-order valence-electron chi connectivity index (χ0n) is 12.3. The lowest BCUT2D eigenvalue weighted by atomic mass is 9.88. The van der Waals surface area contributed by atoms with E-state index in [0.717, 1.165) is 37.2 Å². The molecule has 112 valence electrons. The van der Waals surface area contributed by atoms with Crippen LogP contribution in [0.2, 0.25) is 0 Å². The first-order chi connectivity index (χ1) is 10.2. The Morgan fingerprint density at radius 1 is 1.29 bits per heavy atom. The zero-order chi connectivity index (χ0) is 14.9. The molecular formula is C16H19NO4. The molecule has 0 saturated carbocycles. The summed E-state index contributed by atoms with van der Waals surface area (Å²) >= 11 is 0. The molecule has 1 fully saturated rings. The molecule has 3 rings (SSSR count). The molecule has 1 aromatic rings. The van der Waals surface area contributed by atoms with Crippen LogP contribution in [-0.2, 0) is 4.74 Å². The van der Waals surface area contributed by atoms with Crippen LogP contribution in [0.4, 0.5) is 0 Å². The maximum Gasteiger partial charge on any atom is 0.341 e. The highest BCUT2D eigenvalue weighted by Crippen LogP contribution is 2.39. The molecule has 5 nitrogen and oxygen atoms in total. The average molecular weight is 289 g/mol. The van der Waals surface area contributed by atoms with Crippen molar-refractivity contribution in [3.8, 4) is 11.5 Å². The monoisotopic (exact) mass is 289 g/mol. The van der Waals surface area contributed by atoms with E-state index in [0.29, 0.717) is 11.3 Å². The number of carbonyl (C=O) groups excluding carboxylic acids is 1. The number of fused-ring (bicyclic) bond motifs is 1. The van der Waals surface area contributed by atoms with E-state index in [1.165, 1.54) is 14.2 Å². The average Bonchev–Trinajstić information content (AvgIpc) is 2.53. The molecule has 0 unspecified atom stereocenters. The number of piperidine rings is 1. The molecule has 0 aliphatic carbocycles. The van der Waals surface area contributed by atoms with Crippen LogP contribution in [0.25, 0.3) is 6.08 Å². The van der Waals surface area contributed by atoms with Crippen LogP contribution in [0.15, 0.2) is 18.2 Å². The minimum atomic E-state index is -0.412. The normalized spacial score (nSPS) is 18.8. The van der Waals surface area contributed by atoms with E-state index in [1.54, 1.807) is 12.1 Å². The molecule has 0 atom stereocenters. The van der Waals surface area contributed by atoms with Crippen molar-refractivity contribution in [3.05, 3.63) is 29.3 Å². The summed E-state index contributed by atoms with van der Waals surface area (Å²) in [6.07, 6.45) is 5.99. The SMILES string of the molecule is COC(=O)c1cc2c(cc1OC)OC1(C=C2)CCNCC1. The Balaban J connectivity index is 1.98. The van der Waals surface area contributed by atoms with E-state index < -0.39 is 5.97 Å². The second-order valence-electron chi connectivity index (χ2n) is 5.33.